The summed E-state index contributed by atoms with van der Waals surface area (Å²) in [5.41, 5.74) is 2.14. The van der Waals surface area contributed by atoms with E-state index in [4.69, 9.17) is 4.74 Å². The average Bonchev–Trinajstić information content (AvgIpc) is 3.02. The van der Waals surface area contributed by atoms with Gasteiger partial charge in [-0.2, -0.15) is 0 Å². The van der Waals surface area contributed by atoms with Gasteiger partial charge in [0.2, 0.25) is 0 Å². The van der Waals surface area contributed by atoms with E-state index in [-0.39, 0.29) is 12.0 Å². The molecule has 0 spiro atoms. The second kappa shape index (κ2) is 7.22. The number of morpholine rings is 1. The second-order valence-electron chi connectivity index (χ2n) is 6.29. The fourth-order valence-corrected chi connectivity index (χ4v) is 3.05. The molecule has 2 aliphatic rings. The van der Waals surface area contributed by atoms with Gasteiger partial charge in [0, 0.05) is 25.3 Å². The van der Waals surface area contributed by atoms with Gasteiger partial charge in [0.05, 0.1) is 6.61 Å². The van der Waals surface area contributed by atoms with E-state index in [9.17, 15) is 4.79 Å². The normalized spacial score (nSPS) is 23.6. The second-order valence-corrected chi connectivity index (χ2v) is 6.29. The number of hydrogen-bond acceptors (Lipinski definition) is 4. The minimum atomic E-state index is -0.372. The lowest BCUT2D eigenvalue weighted by atomic mass is 10.2. The number of nitrogens with one attached hydrogen (secondary N) is 1. The van der Waals surface area contributed by atoms with Gasteiger partial charge in [-0.15, -0.1) is 0 Å². The summed E-state index contributed by atoms with van der Waals surface area (Å²) in [6.07, 6.45) is 2.25. The Kier molecular flexibility index (Phi) is 5.08. The Balaban J connectivity index is 1.52. The van der Waals surface area contributed by atoms with Gasteiger partial charge < -0.3 is 15.0 Å². The molecule has 22 heavy (non-hydrogen) atoms. The molecule has 0 radical (unpaired) electrons. The summed E-state index contributed by atoms with van der Waals surface area (Å²) in [5.74, 6) is -0.0566. The van der Waals surface area contributed by atoms with E-state index in [1.54, 1.807) is 0 Å². The summed E-state index contributed by atoms with van der Waals surface area (Å²) >= 11 is 0. The van der Waals surface area contributed by atoms with Gasteiger partial charge in [0.1, 0.15) is 6.10 Å². The lowest BCUT2D eigenvalue weighted by molar-refractivity contribution is -0.132. The van der Waals surface area contributed by atoms with Crippen LogP contribution in [0.5, 0.6) is 0 Å². The van der Waals surface area contributed by atoms with Crippen molar-refractivity contribution in [3.05, 3.63) is 29.8 Å². The molecule has 120 valence electrons. The molecule has 5 nitrogen and oxygen atoms in total. The van der Waals surface area contributed by atoms with Crippen molar-refractivity contribution in [2.75, 3.05) is 45.2 Å². The van der Waals surface area contributed by atoms with Crippen LogP contribution in [0.25, 0.3) is 0 Å². The van der Waals surface area contributed by atoms with Crippen LogP contribution < -0.4 is 5.32 Å². The maximum absolute atomic E-state index is 12.2. The molecule has 0 aliphatic carbocycles. The molecular weight excluding hydrogens is 278 g/mol. The van der Waals surface area contributed by atoms with Crippen LogP contribution in [0, 0.1) is 0 Å². The number of nitrogens with zero attached hydrogens (tertiary/aromatic N) is 2. The molecule has 0 bridgehead atoms. The number of rotatable bonds is 4. The molecule has 0 saturated carbocycles. The summed E-state index contributed by atoms with van der Waals surface area (Å²) in [4.78, 5) is 16.8. The predicted octanol–water partition coefficient (Wildman–Crippen LogP) is 1.55. The van der Waals surface area contributed by atoms with Crippen LogP contribution in [0.2, 0.25) is 0 Å². The van der Waals surface area contributed by atoms with Crippen molar-refractivity contribution in [3.63, 3.8) is 0 Å². The lowest BCUT2D eigenvalue weighted by Crippen LogP contribution is -2.46. The number of anilines is 1. The number of carbonyl (C=O) groups excluding carboxylic acids is 1. The fraction of sp³-hybridized carbons (Fsp3) is 0.588. The number of carbonyl (C=O) groups is 1. The van der Waals surface area contributed by atoms with Gasteiger partial charge in [0.15, 0.2) is 0 Å². The molecule has 2 aliphatic heterocycles. The highest BCUT2D eigenvalue weighted by molar-refractivity contribution is 5.94. The molecule has 1 aromatic carbocycles. The summed E-state index contributed by atoms with van der Waals surface area (Å²) in [6.45, 7) is 5.55. The van der Waals surface area contributed by atoms with E-state index in [2.05, 4.69) is 27.2 Å². The average molecular weight is 303 g/mol. The molecule has 1 aromatic rings. The van der Waals surface area contributed by atoms with Gasteiger partial charge in [-0.3, -0.25) is 9.69 Å². The molecule has 3 rings (SSSR count). The molecule has 1 N–H and O–H groups in total. The number of benzene rings is 1. The highest BCUT2D eigenvalue weighted by atomic mass is 16.5. The molecule has 2 saturated heterocycles. The van der Waals surface area contributed by atoms with Crippen LogP contribution in [0.1, 0.15) is 18.4 Å². The lowest BCUT2D eigenvalue weighted by Gasteiger charge is -2.29. The van der Waals surface area contributed by atoms with Gasteiger partial charge in [0.25, 0.3) is 5.91 Å². The Morgan fingerprint density at radius 1 is 1.23 bits per heavy atom. The van der Waals surface area contributed by atoms with Crippen molar-refractivity contribution < 1.29 is 9.53 Å². The van der Waals surface area contributed by atoms with E-state index >= 15 is 0 Å². The maximum Gasteiger partial charge on any atom is 0.254 e. The summed E-state index contributed by atoms with van der Waals surface area (Å²) in [5, 5.41) is 2.95. The Labute approximate surface area is 132 Å². The van der Waals surface area contributed by atoms with Crippen LogP contribution in [0.3, 0.4) is 0 Å². The van der Waals surface area contributed by atoms with Gasteiger partial charge in [-0.05, 0) is 50.7 Å². The molecule has 5 heteroatoms. The van der Waals surface area contributed by atoms with Crippen molar-refractivity contribution in [2.45, 2.75) is 25.5 Å². The van der Waals surface area contributed by atoms with Gasteiger partial charge in [-0.25, -0.2) is 0 Å². The Morgan fingerprint density at radius 2 is 1.95 bits per heavy atom. The molecular formula is C17H25N3O2. The Morgan fingerprint density at radius 3 is 2.64 bits per heavy atom. The monoisotopic (exact) mass is 303 g/mol. The molecule has 2 fully saturated rings. The zero-order chi connectivity index (χ0) is 15.4. The van der Waals surface area contributed by atoms with Crippen LogP contribution in [0.4, 0.5) is 5.69 Å². The van der Waals surface area contributed by atoms with Crippen molar-refractivity contribution in [3.8, 4) is 0 Å². The van der Waals surface area contributed by atoms with Crippen molar-refractivity contribution in [2.24, 2.45) is 0 Å². The van der Waals surface area contributed by atoms with Gasteiger partial charge in [-0.1, -0.05) is 12.1 Å². The first kappa shape index (κ1) is 15.5. The molecule has 1 atom stereocenters. The maximum atomic E-state index is 12.2. The third kappa shape index (κ3) is 4.06. The summed E-state index contributed by atoms with van der Waals surface area (Å²) in [6, 6.07) is 8.16. The highest BCUT2D eigenvalue weighted by Gasteiger charge is 2.24. The van der Waals surface area contributed by atoms with Crippen LogP contribution in [-0.2, 0) is 16.1 Å². The summed E-state index contributed by atoms with van der Waals surface area (Å²) in [7, 11) is 2.01. The largest absolute Gasteiger partial charge is 0.366 e. The van der Waals surface area contributed by atoms with Crippen molar-refractivity contribution in [1.29, 1.82) is 0 Å². The third-order valence-corrected chi connectivity index (χ3v) is 4.39. The summed E-state index contributed by atoms with van der Waals surface area (Å²) < 4.78 is 5.53. The van der Waals surface area contributed by atoms with Crippen LogP contribution >= 0.6 is 0 Å². The number of likely N-dealkylation sites (N-methyl/N-ethyl adjacent to an activating group) is 1. The van der Waals surface area contributed by atoms with Crippen molar-refractivity contribution >= 4 is 11.6 Å². The SMILES string of the molecule is CN1CCOC(C(=O)Nc2ccc(CN3CCCC3)cc2)C1. The number of amides is 1. The van der Waals surface area contributed by atoms with Gasteiger partial charge >= 0.3 is 0 Å². The zero-order valence-corrected chi connectivity index (χ0v) is 13.3. The molecule has 0 aromatic heterocycles. The first-order chi connectivity index (χ1) is 10.7. The molecule has 1 amide bonds. The fourth-order valence-electron chi connectivity index (χ4n) is 3.05. The number of hydrogen-bond donors (Lipinski definition) is 1. The minimum absolute atomic E-state index is 0.0566. The van der Waals surface area contributed by atoms with E-state index in [0.29, 0.717) is 13.2 Å². The topological polar surface area (TPSA) is 44.8 Å². The highest BCUT2D eigenvalue weighted by Crippen LogP contribution is 2.16. The minimum Gasteiger partial charge on any atom is -0.366 e. The zero-order valence-electron chi connectivity index (χ0n) is 13.3. The quantitative estimate of drug-likeness (QED) is 0.917. The van der Waals surface area contributed by atoms with Crippen LogP contribution in [-0.4, -0.2) is 61.6 Å². The first-order valence-electron chi connectivity index (χ1n) is 8.13. The van der Waals surface area contributed by atoms with Crippen molar-refractivity contribution in [1.82, 2.24) is 9.80 Å². The van der Waals surface area contributed by atoms with E-state index in [1.165, 1.54) is 31.5 Å². The number of likely N-dealkylation sites (tertiary alicyclic amines) is 1. The van der Waals surface area contributed by atoms with E-state index in [0.717, 1.165) is 18.8 Å². The van der Waals surface area contributed by atoms with E-state index in [1.807, 2.05) is 19.2 Å². The third-order valence-electron chi connectivity index (χ3n) is 4.39. The Bertz CT molecular complexity index is 497. The smallest absolute Gasteiger partial charge is 0.254 e. The van der Waals surface area contributed by atoms with E-state index < -0.39 is 0 Å². The predicted molar refractivity (Wildman–Crippen MR) is 86.8 cm³/mol. The molecule has 2 heterocycles. The Hall–Kier alpha value is -1.43. The molecule has 1 unspecified atom stereocenters. The first-order valence-corrected chi connectivity index (χ1v) is 8.13. The standard InChI is InChI=1S/C17H25N3O2/c1-19-10-11-22-16(13-19)17(21)18-15-6-4-14(5-7-15)12-20-8-2-3-9-20/h4-7,16H,2-3,8-13H2,1H3,(H,18,21). The number of ether oxygens (including phenoxy) is 1. The van der Waals surface area contributed by atoms with Crippen LogP contribution in [0.15, 0.2) is 24.3 Å².